The van der Waals surface area contributed by atoms with Gasteiger partial charge in [-0.05, 0) is 69.3 Å². The molecular weight excluding hydrogens is 569 g/mol. The number of rotatable bonds is 10. The smallest absolute Gasteiger partial charge is 0.264 e. The molecule has 38 heavy (non-hydrogen) atoms. The average Bonchev–Trinajstić information content (AvgIpc) is 2.87. The number of hydrogen-bond donors (Lipinski definition) is 1. The third-order valence-corrected chi connectivity index (χ3v) is 8.66. The molecule has 0 saturated carbocycles. The van der Waals surface area contributed by atoms with Crippen molar-refractivity contribution < 1.29 is 18.0 Å². The van der Waals surface area contributed by atoms with E-state index in [0.717, 1.165) is 9.87 Å². The van der Waals surface area contributed by atoms with Gasteiger partial charge in [0.1, 0.15) is 12.6 Å². The van der Waals surface area contributed by atoms with Crippen LogP contribution >= 0.6 is 34.8 Å². The van der Waals surface area contributed by atoms with Crippen molar-refractivity contribution in [2.45, 2.75) is 38.3 Å². The van der Waals surface area contributed by atoms with Crippen LogP contribution in [0.15, 0.2) is 71.6 Å². The summed E-state index contributed by atoms with van der Waals surface area (Å²) in [6.45, 7) is 4.85. The fourth-order valence-electron chi connectivity index (χ4n) is 3.73. The summed E-state index contributed by atoms with van der Waals surface area (Å²) < 4.78 is 28.5. The summed E-state index contributed by atoms with van der Waals surface area (Å²) in [6, 6.07) is 16.4. The summed E-state index contributed by atoms with van der Waals surface area (Å²) in [7, 11) is -4.17. The SMILES string of the molecule is CCNC(=O)[C@@H](C)N(Cc1c(Cl)cccc1Cl)C(=O)CN(c1ccc(Cl)cc1)S(=O)(=O)c1ccc(C)cc1. The Balaban J connectivity index is 2.06. The first-order chi connectivity index (χ1) is 17.9. The lowest BCUT2D eigenvalue weighted by molar-refractivity contribution is -0.139. The van der Waals surface area contributed by atoms with E-state index in [1.54, 1.807) is 44.2 Å². The number of likely N-dealkylation sites (N-methyl/N-ethyl adjacent to an activating group) is 1. The predicted molar refractivity (Wildman–Crippen MR) is 152 cm³/mol. The van der Waals surface area contributed by atoms with E-state index in [1.807, 2.05) is 6.92 Å². The molecule has 0 radical (unpaired) electrons. The average molecular weight is 597 g/mol. The minimum Gasteiger partial charge on any atom is -0.355 e. The Morgan fingerprint density at radius 2 is 1.50 bits per heavy atom. The lowest BCUT2D eigenvalue weighted by Crippen LogP contribution is -2.51. The second-order valence-corrected chi connectivity index (χ2v) is 11.7. The predicted octanol–water partition coefficient (Wildman–Crippen LogP) is 5.70. The number of carbonyl (C=O) groups excluding carboxylic acids is 2. The van der Waals surface area contributed by atoms with E-state index in [4.69, 9.17) is 34.8 Å². The Bertz CT molecular complexity index is 1380. The summed E-state index contributed by atoms with van der Waals surface area (Å²) in [4.78, 5) is 27.9. The summed E-state index contributed by atoms with van der Waals surface area (Å²) in [6.07, 6.45) is 0. The van der Waals surface area contributed by atoms with Crippen LogP contribution in [0.5, 0.6) is 0 Å². The van der Waals surface area contributed by atoms with Gasteiger partial charge in [0, 0.05) is 33.7 Å². The van der Waals surface area contributed by atoms with Gasteiger partial charge in [0.2, 0.25) is 11.8 Å². The molecule has 0 heterocycles. The van der Waals surface area contributed by atoms with Crippen molar-refractivity contribution in [2.24, 2.45) is 0 Å². The van der Waals surface area contributed by atoms with Crippen molar-refractivity contribution in [3.05, 3.63) is 92.9 Å². The molecule has 0 bridgehead atoms. The number of hydrogen-bond acceptors (Lipinski definition) is 4. The minimum absolute atomic E-state index is 0.0170. The summed E-state index contributed by atoms with van der Waals surface area (Å²) in [5.41, 5.74) is 1.57. The maximum Gasteiger partial charge on any atom is 0.264 e. The molecule has 202 valence electrons. The van der Waals surface area contributed by atoms with Crippen molar-refractivity contribution in [1.29, 1.82) is 0 Å². The van der Waals surface area contributed by atoms with Crippen molar-refractivity contribution in [1.82, 2.24) is 10.2 Å². The van der Waals surface area contributed by atoms with Crippen molar-refractivity contribution >= 4 is 62.3 Å². The van der Waals surface area contributed by atoms with Crippen molar-refractivity contribution in [3.63, 3.8) is 0 Å². The van der Waals surface area contributed by atoms with Gasteiger partial charge in [-0.2, -0.15) is 0 Å². The Labute approximate surface area is 238 Å². The molecule has 0 spiro atoms. The molecule has 0 aliphatic rings. The number of nitrogens with zero attached hydrogens (tertiary/aromatic N) is 2. The van der Waals surface area contributed by atoms with Crippen LogP contribution in [0.4, 0.5) is 5.69 Å². The fourth-order valence-corrected chi connectivity index (χ4v) is 5.79. The van der Waals surface area contributed by atoms with Crippen LogP contribution in [-0.2, 0) is 26.2 Å². The van der Waals surface area contributed by atoms with Gasteiger partial charge >= 0.3 is 0 Å². The molecule has 0 aliphatic carbocycles. The first-order valence-electron chi connectivity index (χ1n) is 11.8. The molecule has 2 amide bonds. The largest absolute Gasteiger partial charge is 0.355 e. The number of sulfonamides is 1. The zero-order valence-electron chi connectivity index (χ0n) is 21.1. The standard InChI is InChI=1S/C27H28Cl3N3O4S/c1-4-31-27(35)19(3)32(16-23-24(29)6-5-7-25(23)30)26(34)17-33(21-12-10-20(28)11-13-21)38(36,37)22-14-8-18(2)9-15-22/h5-15,19H,4,16-17H2,1-3H3,(H,31,35)/t19-/m1/s1. The Morgan fingerprint density at radius 1 is 0.921 bits per heavy atom. The molecule has 0 unspecified atom stereocenters. The van der Waals surface area contributed by atoms with E-state index in [9.17, 15) is 18.0 Å². The number of anilines is 1. The number of benzene rings is 3. The molecule has 7 nitrogen and oxygen atoms in total. The third-order valence-electron chi connectivity index (χ3n) is 5.91. The van der Waals surface area contributed by atoms with Crippen LogP contribution < -0.4 is 9.62 Å². The Kier molecular flexibility index (Phi) is 10.1. The van der Waals surface area contributed by atoms with Gasteiger partial charge in [-0.15, -0.1) is 0 Å². The van der Waals surface area contributed by atoms with E-state index in [-0.39, 0.29) is 17.1 Å². The molecule has 1 N–H and O–H groups in total. The number of carbonyl (C=O) groups is 2. The zero-order valence-corrected chi connectivity index (χ0v) is 24.2. The van der Waals surface area contributed by atoms with Gasteiger partial charge < -0.3 is 10.2 Å². The maximum atomic E-state index is 13.8. The second kappa shape index (κ2) is 12.8. The summed E-state index contributed by atoms with van der Waals surface area (Å²) in [5.74, 6) is -1.02. The van der Waals surface area contributed by atoms with Gasteiger partial charge in [-0.25, -0.2) is 8.42 Å². The molecule has 3 aromatic carbocycles. The monoisotopic (exact) mass is 595 g/mol. The van der Waals surface area contributed by atoms with Crippen molar-refractivity contribution in [2.75, 3.05) is 17.4 Å². The first-order valence-corrected chi connectivity index (χ1v) is 14.4. The zero-order chi connectivity index (χ0) is 28.0. The van der Waals surface area contributed by atoms with E-state index in [1.165, 1.54) is 41.3 Å². The van der Waals surface area contributed by atoms with Crippen molar-refractivity contribution in [3.8, 4) is 0 Å². The molecule has 1 atom stereocenters. The Hall–Kier alpha value is -2.78. The Morgan fingerprint density at radius 3 is 2.05 bits per heavy atom. The second-order valence-electron chi connectivity index (χ2n) is 8.59. The van der Waals surface area contributed by atoms with Crippen LogP contribution in [0.3, 0.4) is 0 Å². The first kappa shape index (κ1) is 29.8. The van der Waals surface area contributed by atoms with Crippen LogP contribution in [0, 0.1) is 6.92 Å². The van der Waals surface area contributed by atoms with Gasteiger partial charge in [0.05, 0.1) is 10.6 Å². The van der Waals surface area contributed by atoms with Crippen LogP contribution in [0.2, 0.25) is 15.1 Å². The summed E-state index contributed by atoms with van der Waals surface area (Å²) in [5, 5.41) is 3.75. The molecule has 11 heteroatoms. The lowest BCUT2D eigenvalue weighted by Gasteiger charge is -2.32. The normalized spacial score (nSPS) is 12.1. The molecule has 0 aromatic heterocycles. The van der Waals surface area contributed by atoms with E-state index < -0.39 is 34.4 Å². The molecule has 3 rings (SSSR count). The minimum atomic E-state index is -4.17. The molecule has 3 aromatic rings. The highest BCUT2D eigenvalue weighted by molar-refractivity contribution is 7.92. The van der Waals surface area contributed by atoms with Crippen LogP contribution in [0.1, 0.15) is 25.0 Å². The molecule has 0 fully saturated rings. The molecular formula is C27H28Cl3N3O4S. The molecule has 0 saturated heterocycles. The van der Waals surface area contributed by atoms with Gasteiger partial charge in [-0.3, -0.25) is 13.9 Å². The topological polar surface area (TPSA) is 86.8 Å². The fraction of sp³-hybridized carbons (Fsp3) is 0.259. The van der Waals surface area contributed by atoms with Gasteiger partial charge in [-0.1, -0.05) is 58.6 Å². The molecule has 0 aliphatic heterocycles. The summed E-state index contributed by atoms with van der Waals surface area (Å²) >= 11 is 18.8. The quantitative estimate of drug-likeness (QED) is 0.325. The number of aryl methyl sites for hydroxylation is 1. The van der Waals surface area contributed by atoms with E-state index in [0.29, 0.717) is 27.2 Å². The van der Waals surface area contributed by atoms with E-state index >= 15 is 0 Å². The van der Waals surface area contributed by atoms with E-state index in [2.05, 4.69) is 5.32 Å². The number of halogens is 3. The highest BCUT2D eigenvalue weighted by Gasteiger charge is 2.33. The number of nitrogens with one attached hydrogen (secondary N) is 1. The number of amides is 2. The van der Waals surface area contributed by atoms with Crippen LogP contribution in [-0.4, -0.2) is 44.3 Å². The van der Waals surface area contributed by atoms with Gasteiger partial charge in [0.15, 0.2) is 0 Å². The lowest BCUT2D eigenvalue weighted by atomic mass is 10.1. The van der Waals surface area contributed by atoms with Gasteiger partial charge in [0.25, 0.3) is 10.0 Å². The highest BCUT2D eigenvalue weighted by Crippen LogP contribution is 2.29. The maximum absolute atomic E-state index is 13.8. The third kappa shape index (κ3) is 6.99. The highest BCUT2D eigenvalue weighted by atomic mass is 35.5. The van der Waals surface area contributed by atoms with Crippen LogP contribution in [0.25, 0.3) is 0 Å².